The topological polar surface area (TPSA) is 56.0 Å². The van der Waals surface area contributed by atoms with Gasteiger partial charge >= 0.3 is 0 Å². The predicted molar refractivity (Wildman–Crippen MR) is 36.6 cm³/mol. The molecule has 0 atom stereocenters. The van der Waals surface area contributed by atoms with Gasteiger partial charge in [0.25, 0.3) is 5.91 Å². The van der Waals surface area contributed by atoms with Crippen molar-refractivity contribution in [2.24, 2.45) is 5.73 Å². The Balaban J connectivity index is 3.00. The molecule has 4 heteroatoms. The molecule has 0 aliphatic heterocycles. The Labute approximate surface area is 62.8 Å². The first-order valence-electron chi connectivity index (χ1n) is 2.53. The monoisotopic (exact) mass is 155 g/mol. The minimum atomic E-state index is -0.576. The first-order chi connectivity index (χ1) is 4.70. The minimum absolute atomic E-state index is 0.171. The third-order valence-corrected chi connectivity index (χ3v) is 1.12. The van der Waals surface area contributed by atoms with Crippen LogP contribution in [-0.4, -0.2) is 10.9 Å². The maximum Gasteiger partial charge on any atom is 0.267 e. The molecule has 0 spiro atoms. The van der Waals surface area contributed by atoms with Crippen molar-refractivity contribution in [3.8, 4) is 0 Å². The van der Waals surface area contributed by atoms with E-state index in [1.807, 2.05) is 0 Å². The van der Waals surface area contributed by atoms with Gasteiger partial charge in [-0.1, -0.05) is 11.6 Å². The van der Waals surface area contributed by atoms with Gasteiger partial charge in [0.2, 0.25) is 0 Å². The SMILES string of the molecule is NC(=O)c1c[c]c(Cl)cn1. The Morgan fingerprint density at radius 2 is 2.50 bits per heavy atom. The lowest BCUT2D eigenvalue weighted by Crippen LogP contribution is -2.12. The fourth-order valence-electron chi connectivity index (χ4n) is 0.473. The summed E-state index contributed by atoms with van der Waals surface area (Å²) in [5.74, 6) is -0.576. The van der Waals surface area contributed by atoms with Gasteiger partial charge in [-0.3, -0.25) is 4.79 Å². The molecule has 1 amide bonds. The van der Waals surface area contributed by atoms with Gasteiger partial charge < -0.3 is 5.73 Å². The smallest absolute Gasteiger partial charge is 0.267 e. The molecule has 0 bridgehead atoms. The van der Waals surface area contributed by atoms with E-state index in [9.17, 15) is 4.79 Å². The third kappa shape index (κ3) is 1.45. The number of primary amides is 1. The molecule has 0 fully saturated rings. The Morgan fingerprint density at radius 1 is 1.80 bits per heavy atom. The van der Waals surface area contributed by atoms with Crippen LogP contribution in [0.15, 0.2) is 12.3 Å². The predicted octanol–water partition coefficient (Wildman–Crippen LogP) is 0.634. The van der Waals surface area contributed by atoms with Crippen molar-refractivity contribution in [2.45, 2.75) is 0 Å². The van der Waals surface area contributed by atoms with Crippen LogP contribution in [0.4, 0.5) is 0 Å². The molecule has 0 aliphatic rings. The Kier molecular flexibility index (Phi) is 1.87. The standard InChI is InChI=1S/C6H4ClN2O/c7-4-1-2-5(6(8)10)9-3-4/h2-3H,(H2,8,10). The minimum Gasteiger partial charge on any atom is -0.364 e. The van der Waals surface area contributed by atoms with Crippen LogP contribution in [0.25, 0.3) is 0 Å². The number of nitrogens with zero attached hydrogens (tertiary/aromatic N) is 1. The summed E-state index contributed by atoms with van der Waals surface area (Å²) in [5, 5.41) is 0.366. The van der Waals surface area contributed by atoms with Gasteiger partial charge in [-0.2, -0.15) is 0 Å². The lowest BCUT2D eigenvalue weighted by molar-refractivity contribution is 0.0995. The molecular weight excluding hydrogens is 152 g/mol. The molecule has 1 aromatic rings. The summed E-state index contributed by atoms with van der Waals surface area (Å²) < 4.78 is 0. The highest BCUT2D eigenvalue weighted by Crippen LogP contribution is 2.03. The highest BCUT2D eigenvalue weighted by atomic mass is 35.5. The molecule has 2 N–H and O–H groups in total. The molecule has 1 aromatic heterocycles. The zero-order valence-electron chi connectivity index (χ0n) is 4.97. The van der Waals surface area contributed by atoms with Crippen LogP contribution in [0.2, 0.25) is 5.02 Å². The molecular formula is C6H4ClN2O. The molecule has 0 saturated heterocycles. The molecule has 0 aliphatic carbocycles. The number of hydrogen-bond acceptors (Lipinski definition) is 2. The van der Waals surface area contributed by atoms with E-state index in [1.165, 1.54) is 12.3 Å². The number of nitrogens with two attached hydrogens (primary N) is 1. The molecule has 0 aromatic carbocycles. The number of aromatic nitrogens is 1. The Hall–Kier alpha value is -1.09. The van der Waals surface area contributed by atoms with E-state index < -0.39 is 5.91 Å². The van der Waals surface area contributed by atoms with Crippen LogP contribution >= 0.6 is 11.6 Å². The number of pyridine rings is 1. The summed E-state index contributed by atoms with van der Waals surface area (Å²) in [6.07, 6.45) is 1.32. The maximum atomic E-state index is 10.4. The summed E-state index contributed by atoms with van der Waals surface area (Å²) >= 11 is 5.45. The first-order valence-corrected chi connectivity index (χ1v) is 2.91. The van der Waals surface area contributed by atoms with Crippen LogP contribution in [-0.2, 0) is 0 Å². The van der Waals surface area contributed by atoms with Crippen molar-refractivity contribution in [1.29, 1.82) is 0 Å². The average Bonchev–Trinajstić information content (AvgIpc) is 1.88. The van der Waals surface area contributed by atoms with Crippen LogP contribution in [0.3, 0.4) is 0 Å². The van der Waals surface area contributed by atoms with Gasteiger partial charge in [0.15, 0.2) is 0 Å². The van der Waals surface area contributed by atoms with Crippen molar-refractivity contribution in [1.82, 2.24) is 4.98 Å². The van der Waals surface area contributed by atoms with Crippen molar-refractivity contribution in [2.75, 3.05) is 0 Å². The number of rotatable bonds is 1. The first kappa shape index (κ1) is 7.02. The summed E-state index contributed by atoms with van der Waals surface area (Å²) in [5.41, 5.74) is 5.07. The molecule has 3 nitrogen and oxygen atoms in total. The maximum absolute atomic E-state index is 10.4. The summed E-state index contributed by atoms with van der Waals surface area (Å²) in [6.45, 7) is 0. The molecule has 0 unspecified atom stereocenters. The average molecular weight is 156 g/mol. The van der Waals surface area contributed by atoms with E-state index in [2.05, 4.69) is 11.1 Å². The number of carbonyl (C=O) groups is 1. The van der Waals surface area contributed by atoms with Gasteiger partial charge in [-0.05, 0) is 6.07 Å². The number of carbonyl (C=O) groups excluding carboxylic acids is 1. The molecule has 0 saturated carbocycles. The van der Waals surface area contributed by atoms with Crippen molar-refractivity contribution < 1.29 is 4.79 Å². The Bertz CT molecular complexity index is 244. The lowest BCUT2D eigenvalue weighted by atomic mass is 10.3. The second-order valence-electron chi connectivity index (χ2n) is 1.64. The van der Waals surface area contributed by atoms with Gasteiger partial charge in [0, 0.05) is 12.3 Å². The van der Waals surface area contributed by atoms with Crippen molar-refractivity contribution in [3.63, 3.8) is 0 Å². The molecule has 51 valence electrons. The van der Waals surface area contributed by atoms with E-state index in [1.54, 1.807) is 0 Å². The fourth-order valence-corrected chi connectivity index (χ4v) is 0.576. The van der Waals surface area contributed by atoms with Crippen LogP contribution in [0.5, 0.6) is 0 Å². The van der Waals surface area contributed by atoms with Crippen LogP contribution in [0.1, 0.15) is 10.5 Å². The van der Waals surface area contributed by atoms with Crippen molar-refractivity contribution in [3.05, 3.63) is 29.0 Å². The van der Waals surface area contributed by atoms with Crippen LogP contribution < -0.4 is 5.73 Å². The second-order valence-corrected chi connectivity index (χ2v) is 2.05. The lowest BCUT2D eigenvalue weighted by Gasteiger charge is -1.91. The highest BCUT2D eigenvalue weighted by molar-refractivity contribution is 6.30. The fraction of sp³-hybridized carbons (Fsp3) is 0. The largest absolute Gasteiger partial charge is 0.364 e. The summed E-state index contributed by atoms with van der Waals surface area (Å²) in [7, 11) is 0. The van der Waals surface area contributed by atoms with E-state index in [0.29, 0.717) is 5.02 Å². The van der Waals surface area contributed by atoms with Gasteiger partial charge in [-0.25, -0.2) is 4.98 Å². The molecule has 1 radical (unpaired) electrons. The number of halogens is 1. The Morgan fingerprint density at radius 3 is 2.90 bits per heavy atom. The summed E-state index contributed by atoms with van der Waals surface area (Å²) in [4.78, 5) is 14.0. The van der Waals surface area contributed by atoms with Crippen LogP contribution in [0, 0.1) is 6.07 Å². The number of hydrogen-bond donors (Lipinski definition) is 1. The van der Waals surface area contributed by atoms with Crippen molar-refractivity contribution >= 4 is 17.5 Å². The normalized spacial score (nSPS) is 9.30. The van der Waals surface area contributed by atoms with E-state index >= 15 is 0 Å². The highest BCUT2D eigenvalue weighted by Gasteiger charge is 1.99. The third-order valence-electron chi connectivity index (χ3n) is 0.916. The second kappa shape index (κ2) is 2.66. The zero-order valence-corrected chi connectivity index (χ0v) is 5.72. The molecule has 1 heterocycles. The van der Waals surface area contributed by atoms with Gasteiger partial charge in [0.1, 0.15) is 5.69 Å². The van der Waals surface area contributed by atoms with E-state index in [-0.39, 0.29) is 5.69 Å². The van der Waals surface area contributed by atoms with E-state index in [0.717, 1.165) is 0 Å². The van der Waals surface area contributed by atoms with Gasteiger partial charge in [0.05, 0.1) is 5.02 Å². The summed E-state index contributed by atoms with van der Waals surface area (Å²) in [6, 6.07) is 3.94. The number of amides is 1. The quantitative estimate of drug-likeness (QED) is 0.647. The molecule has 10 heavy (non-hydrogen) atoms. The zero-order chi connectivity index (χ0) is 7.56. The van der Waals surface area contributed by atoms with E-state index in [4.69, 9.17) is 17.3 Å². The molecule has 1 rings (SSSR count). The van der Waals surface area contributed by atoms with Gasteiger partial charge in [-0.15, -0.1) is 0 Å².